The monoisotopic (exact) mass is 517 g/mol. The molecule has 0 saturated carbocycles. The van der Waals surface area contributed by atoms with Crippen LogP contribution in [0.5, 0.6) is 0 Å². The van der Waals surface area contributed by atoms with Crippen LogP contribution in [0.4, 0.5) is 0 Å². The Bertz CT molecular complexity index is 942. The Labute approximate surface area is 222 Å². The van der Waals surface area contributed by atoms with Gasteiger partial charge in [-0.2, -0.15) is 0 Å². The molecule has 3 saturated heterocycles. The van der Waals surface area contributed by atoms with Crippen LogP contribution in [0.2, 0.25) is 0 Å². The molecule has 0 aromatic heterocycles. The fraction of sp³-hybridized carbons (Fsp3) is 0.759. The molecule has 8 nitrogen and oxygen atoms in total. The van der Waals surface area contributed by atoms with Gasteiger partial charge in [-0.1, -0.05) is 32.9 Å². The summed E-state index contributed by atoms with van der Waals surface area (Å²) in [5.74, 6) is -2.05. The third-order valence-corrected chi connectivity index (χ3v) is 8.77. The molecule has 37 heavy (non-hydrogen) atoms. The van der Waals surface area contributed by atoms with Crippen LogP contribution >= 0.6 is 0 Å². The van der Waals surface area contributed by atoms with E-state index in [2.05, 4.69) is 13.2 Å². The van der Waals surface area contributed by atoms with Crippen molar-refractivity contribution in [1.82, 2.24) is 14.7 Å². The average molecular weight is 518 g/mol. The average Bonchev–Trinajstić information content (AvgIpc) is 3.31. The molecule has 0 aromatic rings. The number of aliphatic hydroxyl groups excluding tert-OH is 1. The van der Waals surface area contributed by atoms with Crippen LogP contribution in [0.1, 0.15) is 61.3 Å². The summed E-state index contributed by atoms with van der Waals surface area (Å²) in [6.07, 6.45) is 4.37. The lowest BCUT2D eigenvalue weighted by molar-refractivity contribution is -0.160. The Morgan fingerprint density at radius 2 is 1.81 bits per heavy atom. The standard InChI is InChI=1S/C29H47N3O5/c1-11-13-30(10)24(34)21-22-25(35)32(20(17-33)15-18(3)4)23(26(36)31(14-12-2)27(6,7)8)29(22)16-19(5)28(21,9)37-29/h11-12,18-23,33H,1-2,13-17H2,3-10H3/t19?,20-,21-,22+,23?,28+,29?/m1/s1. The zero-order chi connectivity index (χ0) is 28.1. The first kappa shape index (κ1) is 29.4. The number of hydrogen-bond donors (Lipinski definition) is 1. The normalized spacial score (nSPS) is 33.5. The summed E-state index contributed by atoms with van der Waals surface area (Å²) in [6.45, 7) is 21.9. The van der Waals surface area contributed by atoms with Crippen LogP contribution in [-0.4, -0.2) is 93.1 Å². The van der Waals surface area contributed by atoms with Crippen molar-refractivity contribution in [3.8, 4) is 0 Å². The van der Waals surface area contributed by atoms with E-state index >= 15 is 0 Å². The summed E-state index contributed by atoms with van der Waals surface area (Å²) < 4.78 is 6.83. The maximum absolute atomic E-state index is 14.5. The Morgan fingerprint density at radius 1 is 1.22 bits per heavy atom. The van der Waals surface area contributed by atoms with Crippen molar-refractivity contribution in [3.63, 3.8) is 0 Å². The Kier molecular flexibility index (Phi) is 8.08. The van der Waals surface area contributed by atoms with E-state index in [1.54, 1.807) is 33.9 Å². The summed E-state index contributed by atoms with van der Waals surface area (Å²) >= 11 is 0. The molecular formula is C29H47N3O5. The van der Waals surface area contributed by atoms with Crippen molar-refractivity contribution in [2.24, 2.45) is 23.7 Å². The van der Waals surface area contributed by atoms with E-state index < -0.39 is 40.7 Å². The zero-order valence-electron chi connectivity index (χ0n) is 24.0. The minimum atomic E-state index is -1.15. The molecule has 1 spiro atoms. The maximum atomic E-state index is 14.5. The molecule has 3 heterocycles. The summed E-state index contributed by atoms with van der Waals surface area (Å²) in [5.41, 5.74) is -2.56. The largest absolute Gasteiger partial charge is 0.394 e. The minimum Gasteiger partial charge on any atom is -0.394 e. The fourth-order valence-electron chi connectivity index (χ4n) is 7.04. The van der Waals surface area contributed by atoms with Gasteiger partial charge in [0, 0.05) is 25.7 Å². The Hall–Kier alpha value is -2.19. The molecule has 3 unspecified atom stereocenters. The first-order valence-electron chi connectivity index (χ1n) is 13.5. The highest BCUT2D eigenvalue weighted by Gasteiger charge is 2.80. The summed E-state index contributed by atoms with van der Waals surface area (Å²) in [6, 6.07) is -1.49. The SMILES string of the molecule is C=CCN(C)C(=O)[C@H]1[C@H]2C(=O)N([C@@H](CO)CC(C)C)C(C(=O)N(CC=C)C(C)(C)C)C23CC(C)[C@]1(C)O3. The number of carbonyl (C=O) groups excluding carboxylic acids is 3. The van der Waals surface area contributed by atoms with E-state index in [9.17, 15) is 19.5 Å². The number of likely N-dealkylation sites (tertiary alicyclic amines) is 1. The smallest absolute Gasteiger partial charge is 0.249 e. The second-order valence-corrected chi connectivity index (χ2v) is 12.8. The van der Waals surface area contributed by atoms with Gasteiger partial charge in [0.05, 0.1) is 30.1 Å². The van der Waals surface area contributed by atoms with Crippen LogP contribution in [0.15, 0.2) is 25.3 Å². The van der Waals surface area contributed by atoms with Crippen molar-refractivity contribution in [3.05, 3.63) is 25.3 Å². The van der Waals surface area contributed by atoms with E-state index in [0.29, 0.717) is 25.9 Å². The lowest BCUT2D eigenvalue weighted by Gasteiger charge is -2.43. The van der Waals surface area contributed by atoms with Crippen molar-refractivity contribution in [1.29, 1.82) is 0 Å². The lowest BCUT2D eigenvalue weighted by Crippen LogP contribution is -2.61. The number of rotatable bonds is 10. The van der Waals surface area contributed by atoms with E-state index in [4.69, 9.17) is 4.74 Å². The molecule has 3 aliphatic rings. The molecule has 3 rings (SSSR count). The number of nitrogens with zero attached hydrogens (tertiary/aromatic N) is 3. The van der Waals surface area contributed by atoms with E-state index in [1.165, 1.54) is 0 Å². The number of carbonyl (C=O) groups is 3. The molecule has 3 aliphatic heterocycles. The van der Waals surface area contributed by atoms with Gasteiger partial charge in [-0.25, -0.2) is 0 Å². The zero-order valence-corrected chi connectivity index (χ0v) is 24.0. The van der Waals surface area contributed by atoms with E-state index in [1.807, 2.05) is 48.5 Å². The minimum absolute atomic E-state index is 0.0435. The number of fused-ring (bicyclic) bond motifs is 1. The second-order valence-electron chi connectivity index (χ2n) is 12.8. The summed E-state index contributed by atoms with van der Waals surface area (Å²) in [7, 11) is 1.71. The number of amides is 3. The van der Waals surface area contributed by atoms with Crippen molar-refractivity contribution < 1.29 is 24.2 Å². The number of aliphatic hydroxyl groups is 1. The van der Waals surface area contributed by atoms with E-state index in [-0.39, 0.29) is 36.2 Å². The molecule has 3 fully saturated rings. The van der Waals surface area contributed by atoms with Gasteiger partial charge >= 0.3 is 0 Å². The van der Waals surface area contributed by atoms with Crippen molar-refractivity contribution in [2.75, 3.05) is 26.7 Å². The highest BCUT2D eigenvalue weighted by atomic mass is 16.5. The van der Waals surface area contributed by atoms with Gasteiger partial charge in [-0.05, 0) is 52.4 Å². The topological polar surface area (TPSA) is 90.4 Å². The van der Waals surface area contributed by atoms with Gasteiger partial charge in [0.15, 0.2) is 0 Å². The third-order valence-electron chi connectivity index (χ3n) is 8.77. The summed E-state index contributed by atoms with van der Waals surface area (Å²) in [4.78, 5) is 47.6. The van der Waals surface area contributed by atoms with Crippen LogP contribution in [-0.2, 0) is 19.1 Å². The molecule has 0 radical (unpaired) electrons. The number of hydrogen-bond acceptors (Lipinski definition) is 5. The van der Waals surface area contributed by atoms with Gasteiger partial charge in [-0.3, -0.25) is 14.4 Å². The molecule has 8 heteroatoms. The fourth-order valence-corrected chi connectivity index (χ4v) is 7.04. The maximum Gasteiger partial charge on any atom is 0.249 e. The van der Waals surface area contributed by atoms with Gasteiger partial charge in [0.25, 0.3) is 0 Å². The molecule has 0 aromatic carbocycles. The number of likely N-dealkylation sites (N-methyl/N-ethyl adjacent to an activating group) is 1. The van der Waals surface area contributed by atoms with Crippen LogP contribution in [0.3, 0.4) is 0 Å². The molecule has 208 valence electrons. The lowest BCUT2D eigenvalue weighted by atomic mass is 9.62. The predicted octanol–water partition coefficient (Wildman–Crippen LogP) is 2.86. The summed E-state index contributed by atoms with van der Waals surface area (Å²) in [5, 5.41) is 10.5. The molecule has 3 amide bonds. The first-order valence-corrected chi connectivity index (χ1v) is 13.5. The first-order chi connectivity index (χ1) is 17.1. The molecule has 0 aliphatic carbocycles. The second kappa shape index (κ2) is 10.2. The molecule has 7 atom stereocenters. The number of ether oxygens (including phenoxy) is 1. The molecule has 2 bridgehead atoms. The van der Waals surface area contributed by atoms with Gasteiger partial charge in [0.2, 0.25) is 17.7 Å². The molecular weight excluding hydrogens is 470 g/mol. The Balaban J connectivity index is 2.22. The predicted molar refractivity (Wildman–Crippen MR) is 143 cm³/mol. The van der Waals surface area contributed by atoms with E-state index in [0.717, 1.165) is 0 Å². The van der Waals surface area contributed by atoms with Gasteiger partial charge < -0.3 is 24.5 Å². The van der Waals surface area contributed by atoms with Crippen LogP contribution in [0.25, 0.3) is 0 Å². The highest BCUT2D eigenvalue weighted by molar-refractivity contribution is 5.99. The quantitative estimate of drug-likeness (QED) is 0.450. The van der Waals surface area contributed by atoms with Gasteiger partial charge in [0.1, 0.15) is 11.6 Å². The van der Waals surface area contributed by atoms with Crippen molar-refractivity contribution >= 4 is 17.7 Å². The Morgan fingerprint density at radius 3 is 2.30 bits per heavy atom. The van der Waals surface area contributed by atoms with Gasteiger partial charge in [-0.15, -0.1) is 13.2 Å². The van der Waals surface area contributed by atoms with Crippen LogP contribution < -0.4 is 0 Å². The van der Waals surface area contributed by atoms with Crippen LogP contribution in [0, 0.1) is 23.7 Å². The third kappa shape index (κ3) is 4.54. The van der Waals surface area contributed by atoms with Crippen molar-refractivity contribution in [2.45, 2.75) is 90.1 Å². The highest BCUT2D eigenvalue weighted by Crippen LogP contribution is 2.66. The molecule has 1 N–H and O–H groups in total.